The normalized spacial score (nSPS) is 11.7. The van der Waals surface area contributed by atoms with Crippen LogP contribution in [-0.2, 0) is 19.3 Å². The second-order valence-electron chi connectivity index (χ2n) is 7.43. The summed E-state index contributed by atoms with van der Waals surface area (Å²) in [5.41, 5.74) is -0.0805. The summed E-state index contributed by atoms with van der Waals surface area (Å²) in [5, 5.41) is 0. The van der Waals surface area contributed by atoms with E-state index >= 15 is 0 Å². The lowest BCUT2D eigenvalue weighted by molar-refractivity contribution is -0.276. The van der Waals surface area contributed by atoms with Crippen molar-refractivity contribution in [3.05, 3.63) is 88.2 Å². The molecule has 0 aliphatic heterocycles. The van der Waals surface area contributed by atoms with E-state index in [9.17, 15) is 35.1 Å². The Kier molecular flexibility index (Phi) is 7.29. The van der Waals surface area contributed by atoms with Crippen molar-refractivity contribution >= 4 is 0 Å². The first kappa shape index (κ1) is 24.5. The van der Waals surface area contributed by atoms with Crippen molar-refractivity contribution < 1.29 is 39.9 Å². The fourth-order valence-corrected chi connectivity index (χ4v) is 3.48. The molecule has 0 aliphatic carbocycles. The summed E-state index contributed by atoms with van der Waals surface area (Å²) in [6.45, 7) is 1.96. The van der Waals surface area contributed by atoms with Crippen LogP contribution in [0.4, 0.5) is 35.1 Å². The van der Waals surface area contributed by atoms with Gasteiger partial charge in [-0.3, -0.25) is 0 Å². The number of hydrogen-bond acceptors (Lipinski definition) is 1. The van der Waals surface area contributed by atoms with Crippen LogP contribution in [0, 0.1) is 29.1 Å². The third kappa shape index (κ3) is 6.03. The molecular weight excluding hydrogens is 456 g/mol. The third-order valence-electron chi connectivity index (χ3n) is 4.95. The Bertz CT molecular complexity index is 1110. The van der Waals surface area contributed by atoms with Gasteiger partial charge in [-0.2, -0.15) is 0 Å². The Morgan fingerprint density at radius 2 is 1.24 bits per heavy atom. The molecule has 0 aromatic heterocycles. The maximum atomic E-state index is 14.6. The first-order valence-corrected chi connectivity index (χ1v) is 9.99. The van der Waals surface area contributed by atoms with Crippen molar-refractivity contribution in [3.63, 3.8) is 0 Å². The van der Waals surface area contributed by atoms with Gasteiger partial charge in [0.1, 0.15) is 17.5 Å². The van der Waals surface area contributed by atoms with Gasteiger partial charge >= 0.3 is 6.36 Å². The molecule has 0 atom stereocenters. The molecule has 0 N–H and O–H groups in total. The number of benzene rings is 3. The lowest BCUT2D eigenvalue weighted by Crippen LogP contribution is -2.19. The van der Waals surface area contributed by atoms with Gasteiger partial charge < -0.3 is 4.74 Å². The molecule has 0 spiro atoms. The van der Waals surface area contributed by atoms with Gasteiger partial charge in [0, 0.05) is 0 Å². The number of hydrogen-bond donors (Lipinski definition) is 0. The van der Waals surface area contributed by atoms with Gasteiger partial charge in [-0.1, -0.05) is 25.5 Å². The minimum absolute atomic E-state index is 0.0826. The van der Waals surface area contributed by atoms with Crippen LogP contribution in [0.1, 0.15) is 30.0 Å². The number of ether oxygens (including phenoxy) is 1. The summed E-state index contributed by atoms with van der Waals surface area (Å²) in [7, 11) is 0. The molecule has 9 heteroatoms. The molecule has 0 saturated carbocycles. The van der Waals surface area contributed by atoms with Crippen molar-refractivity contribution in [2.75, 3.05) is 0 Å². The van der Waals surface area contributed by atoms with Gasteiger partial charge in [-0.05, 0) is 71.8 Å². The highest BCUT2D eigenvalue weighted by Gasteiger charge is 2.34. The maximum absolute atomic E-state index is 14.6. The fraction of sp³-hybridized carbons (Fsp3) is 0.250. The Hall–Kier alpha value is -3.10. The summed E-state index contributed by atoms with van der Waals surface area (Å²) < 4.78 is 111. The monoisotopic (exact) mass is 474 g/mol. The molecule has 176 valence electrons. The first-order valence-electron chi connectivity index (χ1n) is 9.99. The van der Waals surface area contributed by atoms with E-state index in [1.165, 1.54) is 6.07 Å². The van der Waals surface area contributed by atoms with E-state index in [2.05, 4.69) is 4.74 Å². The highest BCUT2D eigenvalue weighted by Crippen LogP contribution is 2.35. The van der Waals surface area contributed by atoms with Crippen LogP contribution in [0.3, 0.4) is 0 Å². The quantitative estimate of drug-likeness (QED) is 0.319. The lowest BCUT2D eigenvalue weighted by atomic mass is 9.98. The predicted octanol–water partition coefficient (Wildman–Crippen LogP) is 7.69. The average Bonchev–Trinajstić information content (AvgIpc) is 2.69. The van der Waals surface area contributed by atoms with Gasteiger partial charge in [-0.15, -0.1) is 13.2 Å². The van der Waals surface area contributed by atoms with Crippen molar-refractivity contribution in [2.24, 2.45) is 0 Å². The number of halogens is 8. The van der Waals surface area contributed by atoms with E-state index < -0.39 is 52.3 Å². The van der Waals surface area contributed by atoms with E-state index in [-0.39, 0.29) is 18.4 Å². The van der Waals surface area contributed by atoms with E-state index in [0.29, 0.717) is 17.7 Å². The largest absolute Gasteiger partial charge is 0.573 e. The van der Waals surface area contributed by atoms with Crippen molar-refractivity contribution in [1.29, 1.82) is 0 Å². The first-order chi connectivity index (χ1) is 15.5. The molecule has 0 unspecified atom stereocenters. The Balaban J connectivity index is 1.84. The number of rotatable bonds is 7. The SMILES string of the molecule is CCCc1ccc(CCc2cc(F)c(-c3cc(F)c(OC(F)(F)F)c(F)c3)c(F)c2)c(F)c1. The Morgan fingerprint density at radius 1 is 0.667 bits per heavy atom. The Morgan fingerprint density at radius 3 is 1.76 bits per heavy atom. The molecule has 3 rings (SSSR count). The molecule has 1 nitrogen and oxygen atoms in total. The molecule has 0 saturated heterocycles. The van der Waals surface area contributed by atoms with Gasteiger partial charge in [0.05, 0.1) is 5.56 Å². The fourth-order valence-electron chi connectivity index (χ4n) is 3.48. The molecule has 0 amide bonds. The van der Waals surface area contributed by atoms with E-state index in [1.54, 1.807) is 12.1 Å². The minimum Gasteiger partial charge on any atom is -0.399 e. The predicted molar refractivity (Wildman–Crippen MR) is 106 cm³/mol. The third-order valence-corrected chi connectivity index (χ3v) is 4.95. The molecule has 0 radical (unpaired) electrons. The van der Waals surface area contributed by atoms with Crippen molar-refractivity contribution in [1.82, 2.24) is 0 Å². The molecule has 0 bridgehead atoms. The zero-order valence-corrected chi connectivity index (χ0v) is 17.3. The molecule has 33 heavy (non-hydrogen) atoms. The number of alkyl halides is 3. The van der Waals surface area contributed by atoms with Crippen molar-refractivity contribution in [3.8, 4) is 16.9 Å². The second kappa shape index (κ2) is 9.80. The summed E-state index contributed by atoms with van der Waals surface area (Å²) in [4.78, 5) is 0. The van der Waals surface area contributed by atoms with Crippen LogP contribution in [0.15, 0.2) is 42.5 Å². The van der Waals surface area contributed by atoms with Gasteiger partial charge in [0.2, 0.25) is 5.75 Å². The highest BCUT2D eigenvalue weighted by atomic mass is 19.4. The van der Waals surface area contributed by atoms with Gasteiger partial charge in [-0.25, -0.2) is 22.0 Å². The van der Waals surface area contributed by atoms with Crippen LogP contribution in [0.5, 0.6) is 5.75 Å². The zero-order chi connectivity index (χ0) is 24.3. The van der Waals surface area contributed by atoms with Crippen LogP contribution < -0.4 is 4.74 Å². The standard InChI is InChI=1S/C24H18F8O/c1-2-3-13-4-6-15(17(25)8-13)7-5-14-9-18(26)22(19(27)10-14)16-11-20(28)23(21(29)12-16)33-24(30,31)32/h4,6,8-12H,2-3,5,7H2,1H3. The molecular formula is C24H18F8O. The van der Waals surface area contributed by atoms with E-state index in [1.807, 2.05) is 6.92 Å². The molecule has 0 heterocycles. The molecule has 3 aromatic rings. The topological polar surface area (TPSA) is 9.23 Å². The Labute approximate surface area is 184 Å². The maximum Gasteiger partial charge on any atom is 0.573 e. The van der Waals surface area contributed by atoms with Gasteiger partial charge in [0.25, 0.3) is 0 Å². The van der Waals surface area contributed by atoms with Crippen LogP contribution in [-0.4, -0.2) is 6.36 Å². The van der Waals surface area contributed by atoms with Crippen LogP contribution >= 0.6 is 0 Å². The summed E-state index contributed by atoms with van der Waals surface area (Å²) >= 11 is 0. The summed E-state index contributed by atoms with van der Waals surface area (Å²) in [5.74, 6) is -8.04. The van der Waals surface area contributed by atoms with Crippen LogP contribution in [0.25, 0.3) is 11.1 Å². The second-order valence-corrected chi connectivity index (χ2v) is 7.43. The zero-order valence-electron chi connectivity index (χ0n) is 17.3. The summed E-state index contributed by atoms with van der Waals surface area (Å²) in [6.07, 6.45) is -3.53. The average molecular weight is 474 g/mol. The van der Waals surface area contributed by atoms with Gasteiger partial charge in [0.15, 0.2) is 11.6 Å². The molecule has 0 aliphatic rings. The van der Waals surface area contributed by atoms with Crippen molar-refractivity contribution in [2.45, 2.75) is 39.0 Å². The van der Waals surface area contributed by atoms with Crippen LogP contribution in [0.2, 0.25) is 0 Å². The molecule has 3 aromatic carbocycles. The van der Waals surface area contributed by atoms with E-state index in [0.717, 1.165) is 30.5 Å². The van der Waals surface area contributed by atoms with E-state index in [4.69, 9.17) is 0 Å². The minimum atomic E-state index is -5.35. The molecule has 0 fully saturated rings. The lowest BCUT2D eigenvalue weighted by Gasteiger charge is -2.13. The number of aryl methyl sites for hydroxylation is 3. The smallest absolute Gasteiger partial charge is 0.399 e. The highest BCUT2D eigenvalue weighted by molar-refractivity contribution is 5.66. The summed E-state index contributed by atoms with van der Waals surface area (Å²) in [6, 6.07) is 7.35.